The summed E-state index contributed by atoms with van der Waals surface area (Å²) in [4.78, 5) is 26.7. The van der Waals surface area contributed by atoms with Gasteiger partial charge in [-0.2, -0.15) is 5.10 Å². The Morgan fingerprint density at radius 3 is 2.70 bits per heavy atom. The summed E-state index contributed by atoms with van der Waals surface area (Å²) >= 11 is 0. The fourth-order valence-corrected chi connectivity index (χ4v) is 4.55. The number of nitrogens with one attached hydrogen (secondary N) is 1. The molecule has 1 spiro atoms. The average molecular weight is 317 g/mol. The van der Waals surface area contributed by atoms with Gasteiger partial charge >= 0.3 is 5.97 Å². The standard InChI is InChI=1S/C17H23N3O3/c21-15-11-13(17(23-15)6-1-2-7-17)16(22)20-9-4-12(5-10-20)14-3-8-18-19-14/h3,8,12-13H,1-2,4-7,9-11H2,(H,18,19). The quantitative estimate of drug-likeness (QED) is 0.847. The molecule has 1 aliphatic carbocycles. The molecule has 1 aromatic rings. The highest BCUT2D eigenvalue weighted by atomic mass is 16.6. The van der Waals surface area contributed by atoms with E-state index in [-0.39, 0.29) is 24.2 Å². The van der Waals surface area contributed by atoms with Crippen molar-refractivity contribution in [3.05, 3.63) is 18.0 Å². The fraction of sp³-hybridized carbons (Fsp3) is 0.706. The molecule has 1 atom stereocenters. The Labute approximate surface area is 135 Å². The number of hydrogen-bond donors (Lipinski definition) is 1. The van der Waals surface area contributed by atoms with Crippen LogP contribution in [0.25, 0.3) is 0 Å². The molecule has 1 saturated carbocycles. The van der Waals surface area contributed by atoms with Gasteiger partial charge in [-0.25, -0.2) is 0 Å². The number of rotatable bonds is 2. The van der Waals surface area contributed by atoms with Crippen molar-refractivity contribution in [3.8, 4) is 0 Å². The highest BCUT2D eigenvalue weighted by Gasteiger charge is 2.54. The molecular weight excluding hydrogens is 294 g/mol. The summed E-state index contributed by atoms with van der Waals surface area (Å²) in [6.45, 7) is 1.51. The topological polar surface area (TPSA) is 75.3 Å². The van der Waals surface area contributed by atoms with Crippen LogP contribution in [0.3, 0.4) is 0 Å². The first-order chi connectivity index (χ1) is 11.2. The van der Waals surface area contributed by atoms with Crippen molar-refractivity contribution in [2.45, 2.75) is 56.5 Å². The lowest BCUT2D eigenvalue weighted by atomic mass is 9.83. The molecule has 3 fully saturated rings. The van der Waals surface area contributed by atoms with Crippen molar-refractivity contribution in [2.24, 2.45) is 5.92 Å². The molecule has 0 aromatic carbocycles. The molecule has 3 aliphatic rings. The normalized spacial score (nSPS) is 27.6. The number of H-pyrrole nitrogens is 1. The zero-order valence-electron chi connectivity index (χ0n) is 13.3. The summed E-state index contributed by atoms with van der Waals surface area (Å²) in [6.07, 6.45) is 7.74. The van der Waals surface area contributed by atoms with Crippen LogP contribution in [0.4, 0.5) is 0 Å². The van der Waals surface area contributed by atoms with Gasteiger partial charge in [-0.3, -0.25) is 14.7 Å². The minimum Gasteiger partial charge on any atom is -0.458 e. The van der Waals surface area contributed by atoms with E-state index in [0.717, 1.165) is 57.3 Å². The van der Waals surface area contributed by atoms with Crippen molar-refractivity contribution in [3.63, 3.8) is 0 Å². The summed E-state index contributed by atoms with van der Waals surface area (Å²) in [7, 11) is 0. The zero-order chi connectivity index (χ0) is 15.9. The number of carbonyl (C=O) groups is 2. The predicted molar refractivity (Wildman–Crippen MR) is 82.5 cm³/mol. The van der Waals surface area contributed by atoms with Gasteiger partial charge in [-0.1, -0.05) is 0 Å². The van der Waals surface area contributed by atoms with Crippen molar-refractivity contribution < 1.29 is 14.3 Å². The van der Waals surface area contributed by atoms with Crippen LogP contribution >= 0.6 is 0 Å². The smallest absolute Gasteiger partial charge is 0.307 e. The Balaban J connectivity index is 1.42. The van der Waals surface area contributed by atoms with Crippen LogP contribution in [0.1, 0.15) is 56.6 Å². The molecule has 2 aliphatic heterocycles. The maximum Gasteiger partial charge on any atom is 0.307 e. The number of piperidine rings is 1. The summed E-state index contributed by atoms with van der Waals surface area (Å²) in [5, 5.41) is 7.04. The van der Waals surface area contributed by atoms with E-state index < -0.39 is 5.60 Å². The van der Waals surface area contributed by atoms with Gasteiger partial charge < -0.3 is 9.64 Å². The number of nitrogens with zero attached hydrogens (tertiary/aromatic N) is 2. The third-order valence-corrected chi connectivity index (χ3v) is 5.84. The largest absolute Gasteiger partial charge is 0.458 e. The Hall–Kier alpha value is -1.85. The van der Waals surface area contributed by atoms with E-state index in [2.05, 4.69) is 10.2 Å². The molecule has 1 unspecified atom stereocenters. The molecule has 1 amide bonds. The van der Waals surface area contributed by atoms with Crippen LogP contribution in [0.15, 0.2) is 12.3 Å². The van der Waals surface area contributed by atoms with Crippen LogP contribution in [0, 0.1) is 5.92 Å². The third kappa shape index (κ3) is 2.54. The molecule has 124 valence electrons. The van der Waals surface area contributed by atoms with E-state index in [1.165, 1.54) is 0 Å². The van der Waals surface area contributed by atoms with Crippen LogP contribution < -0.4 is 0 Å². The van der Waals surface area contributed by atoms with Crippen molar-refractivity contribution in [1.29, 1.82) is 0 Å². The number of aromatic nitrogens is 2. The van der Waals surface area contributed by atoms with Crippen LogP contribution in [0.2, 0.25) is 0 Å². The van der Waals surface area contributed by atoms with Gasteiger partial charge in [0.05, 0.1) is 12.3 Å². The van der Waals surface area contributed by atoms with Crippen molar-refractivity contribution >= 4 is 11.9 Å². The maximum absolute atomic E-state index is 13.0. The lowest BCUT2D eigenvalue weighted by Crippen LogP contribution is -2.47. The molecular formula is C17H23N3O3. The second-order valence-electron chi connectivity index (χ2n) is 7.11. The number of ether oxygens (including phenoxy) is 1. The highest BCUT2D eigenvalue weighted by molar-refractivity contribution is 5.88. The van der Waals surface area contributed by atoms with E-state index >= 15 is 0 Å². The highest BCUT2D eigenvalue weighted by Crippen LogP contribution is 2.46. The van der Waals surface area contributed by atoms with Crippen LogP contribution in [-0.2, 0) is 14.3 Å². The number of hydrogen-bond acceptors (Lipinski definition) is 4. The molecule has 3 heterocycles. The minimum absolute atomic E-state index is 0.126. The van der Waals surface area contributed by atoms with Gasteiger partial charge in [0.25, 0.3) is 0 Å². The molecule has 0 bridgehead atoms. The van der Waals surface area contributed by atoms with Gasteiger partial charge in [0.1, 0.15) is 5.60 Å². The lowest BCUT2D eigenvalue weighted by Gasteiger charge is -2.36. The number of carbonyl (C=O) groups excluding carboxylic acids is 2. The van der Waals surface area contributed by atoms with Gasteiger partial charge in [0.2, 0.25) is 5.91 Å². The first kappa shape index (κ1) is 14.7. The monoisotopic (exact) mass is 317 g/mol. The number of aromatic amines is 1. The number of likely N-dealkylation sites (tertiary alicyclic amines) is 1. The Morgan fingerprint density at radius 2 is 2.04 bits per heavy atom. The molecule has 6 nitrogen and oxygen atoms in total. The molecule has 1 aromatic heterocycles. The third-order valence-electron chi connectivity index (χ3n) is 5.84. The summed E-state index contributed by atoms with van der Waals surface area (Å²) in [5.74, 6) is 0.114. The van der Waals surface area contributed by atoms with E-state index in [1.54, 1.807) is 6.20 Å². The first-order valence-electron chi connectivity index (χ1n) is 8.68. The molecule has 1 N–H and O–H groups in total. The van der Waals surface area contributed by atoms with Crippen molar-refractivity contribution in [1.82, 2.24) is 15.1 Å². The second-order valence-corrected chi connectivity index (χ2v) is 7.11. The Kier molecular flexibility index (Phi) is 3.62. The molecule has 6 heteroatoms. The minimum atomic E-state index is -0.492. The first-order valence-corrected chi connectivity index (χ1v) is 8.68. The fourth-order valence-electron chi connectivity index (χ4n) is 4.55. The molecule has 0 radical (unpaired) electrons. The maximum atomic E-state index is 13.0. The molecule has 2 saturated heterocycles. The number of amides is 1. The van der Waals surface area contributed by atoms with Gasteiger partial charge in [0, 0.05) is 30.9 Å². The number of esters is 1. The molecule has 4 rings (SSSR count). The van der Waals surface area contributed by atoms with Gasteiger partial charge in [0.15, 0.2) is 0 Å². The van der Waals surface area contributed by atoms with Crippen molar-refractivity contribution in [2.75, 3.05) is 13.1 Å². The Morgan fingerprint density at radius 1 is 1.30 bits per heavy atom. The second kappa shape index (κ2) is 5.65. The predicted octanol–water partition coefficient (Wildman–Crippen LogP) is 1.99. The SMILES string of the molecule is O=C1CC(C(=O)N2CCC(c3ccn[nH]3)CC2)C2(CCCC2)O1. The summed E-state index contributed by atoms with van der Waals surface area (Å²) in [6, 6.07) is 2.01. The van der Waals surface area contributed by atoms with Gasteiger partial charge in [-0.05, 0) is 44.6 Å². The summed E-state index contributed by atoms with van der Waals surface area (Å²) < 4.78 is 5.61. The van der Waals surface area contributed by atoms with E-state index in [4.69, 9.17) is 4.74 Å². The van der Waals surface area contributed by atoms with E-state index in [0.29, 0.717) is 5.92 Å². The van der Waals surface area contributed by atoms with Crippen LogP contribution in [-0.4, -0.2) is 45.7 Å². The van der Waals surface area contributed by atoms with Crippen LogP contribution in [0.5, 0.6) is 0 Å². The summed E-state index contributed by atoms with van der Waals surface area (Å²) in [5.41, 5.74) is 0.665. The average Bonchev–Trinajstić information content (AvgIpc) is 3.29. The Bertz CT molecular complexity index is 584. The zero-order valence-corrected chi connectivity index (χ0v) is 13.3. The molecule has 23 heavy (non-hydrogen) atoms. The van der Waals surface area contributed by atoms with E-state index in [1.807, 2.05) is 11.0 Å². The van der Waals surface area contributed by atoms with Gasteiger partial charge in [-0.15, -0.1) is 0 Å². The lowest BCUT2D eigenvalue weighted by molar-refractivity contribution is -0.152. The van der Waals surface area contributed by atoms with E-state index in [9.17, 15) is 9.59 Å².